The van der Waals surface area contributed by atoms with Crippen LogP contribution in [0.25, 0.3) is 0 Å². The average molecular weight is 387 g/mol. The van der Waals surface area contributed by atoms with Gasteiger partial charge in [-0.05, 0) is 74.3 Å². The lowest BCUT2D eigenvalue weighted by Crippen LogP contribution is -2.29. The molecule has 0 amide bonds. The lowest BCUT2D eigenvalue weighted by molar-refractivity contribution is 0.0526. The van der Waals surface area contributed by atoms with Crippen molar-refractivity contribution >= 4 is 29.0 Å². The van der Waals surface area contributed by atoms with Gasteiger partial charge in [0, 0.05) is 12.2 Å². The zero-order valence-electron chi connectivity index (χ0n) is 16.0. The van der Waals surface area contributed by atoms with E-state index in [9.17, 15) is 4.79 Å². The summed E-state index contributed by atoms with van der Waals surface area (Å²) in [6.07, 6.45) is 1.88. The zero-order valence-corrected chi connectivity index (χ0v) is 16.8. The highest BCUT2D eigenvalue weighted by molar-refractivity contribution is 7.80. The number of anilines is 1. The van der Waals surface area contributed by atoms with Crippen molar-refractivity contribution in [3.8, 4) is 5.75 Å². The number of hydrogen-bond acceptors (Lipinski definition) is 4. The number of carbonyl (C=O) groups is 1. The molecule has 2 rings (SSSR count). The Morgan fingerprint density at radius 1 is 1.19 bits per heavy atom. The molecule has 6 heteroatoms. The van der Waals surface area contributed by atoms with Crippen molar-refractivity contribution in [2.24, 2.45) is 0 Å². The molecule has 0 bridgehead atoms. The van der Waals surface area contributed by atoms with E-state index in [1.807, 2.05) is 31.2 Å². The first kappa shape index (κ1) is 20.7. The molecule has 2 aromatic carbocycles. The van der Waals surface area contributed by atoms with Gasteiger partial charge in [-0.2, -0.15) is 0 Å². The van der Waals surface area contributed by atoms with E-state index in [0.29, 0.717) is 17.3 Å². The summed E-state index contributed by atoms with van der Waals surface area (Å²) in [4.78, 5) is 11.9. The fourth-order valence-electron chi connectivity index (χ4n) is 2.59. The molecule has 144 valence electrons. The number of ether oxygens (including phenoxy) is 2. The van der Waals surface area contributed by atoms with Crippen LogP contribution in [-0.4, -0.2) is 31.3 Å². The third kappa shape index (κ3) is 6.57. The second-order valence-corrected chi connectivity index (χ2v) is 6.49. The maximum atomic E-state index is 11.9. The van der Waals surface area contributed by atoms with Gasteiger partial charge < -0.3 is 20.1 Å². The Hall–Kier alpha value is -2.60. The molecule has 27 heavy (non-hydrogen) atoms. The van der Waals surface area contributed by atoms with Crippen LogP contribution in [0.5, 0.6) is 5.75 Å². The Balaban J connectivity index is 1.83. The largest absolute Gasteiger partial charge is 0.497 e. The van der Waals surface area contributed by atoms with Crippen LogP contribution in [-0.2, 0) is 11.2 Å². The summed E-state index contributed by atoms with van der Waals surface area (Å²) in [6, 6.07) is 13.4. The molecule has 0 heterocycles. The molecule has 0 fully saturated rings. The lowest BCUT2D eigenvalue weighted by Gasteiger charge is -2.14. The quantitative estimate of drug-likeness (QED) is 0.405. The van der Waals surface area contributed by atoms with Crippen molar-refractivity contribution in [2.75, 3.05) is 25.6 Å². The van der Waals surface area contributed by atoms with Gasteiger partial charge in [-0.1, -0.05) is 18.2 Å². The average Bonchev–Trinajstić information content (AvgIpc) is 2.67. The molecule has 0 aromatic heterocycles. The number of carbonyl (C=O) groups excluding carboxylic acids is 1. The number of thiocarbonyl (C=S) groups is 1. The van der Waals surface area contributed by atoms with E-state index >= 15 is 0 Å². The molecule has 0 saturated heterocycles. The van der Waals surface area contributed by atoms with Crippen molar-refractivity contribution in [2.45, 2.75) is 26.7 Å². The standard InChI is InChI=1S/C21H26N2O3S/c1-4-26-20(24)17-11-10-15(2)19(14-17)23-21(27)22-12-6-8-16-7-5-9-18(13-16)25-3/h5,7,9-11,13-14H,4,6,8,12H2,1-3H3,(H2,22,23,27). The van der Waals surface area contributed by atoms with E-state index < -0.39 is 0 Å². The Kier molecular flexibility index (Phi) is 8.07. The summed E-state index contributed by atoms with van der Waals surface area (Å²) in [5.41, 5.74) is 3.54. The summed E-state index contributed by atoms with van der Waals surface area (Å²) in [7, 11) is 1.67. The van der Waals surface area contributed by atoms with Gasteiger partial charge in [0.25, 0.3) is 0 Å². The van der Waals surface area contributed by atoms with Crippen molar-refractivity contribution < 1.29 is 14.3 Å². The van der Waals surface area contributed by atoms with Crippen LogP contribution in [0.4, 0.5) is 5.69 Å². The molecule has 0 aliphatic carbocycles. The predicted octanol–water partition coefficient (Wildman–Crippen LogP) is 4.10. The number of rotatable bonds is 8. The molecule has 0 aliphatic rings. The number of aryl methyl sites for hydroxylation is 2. The van der Waals surface area contributed by atoms with Crippen LogP contribution in [0.1, 0.15) is 34.8 Å². The first-order valence-electron chi connectivity index (χ1n) is 8.99. The highest BCUT2D eigenvalue weighted by Crippen LogP contribution is 2.18. The lowest BCUT2D eigenvalue weighted by atomic mass is 10.1. The zero-order chi connectivity index (χ0) is 19.6. The fraction of sp³-hybridized carbons (Fsp3) is 0.333. The molecule has 5 nitrogen and oxygen atoms in total. The number of nitrogens with one attached hydrogen (secondary N) is 2. The SMILES string of the molecule is CCOC(=O)c1ccc(C)c(NC(=S)NCCCc2cccc(OC)c2)c1. The third-order valence-electron chi connectivity index (χ3n) is 4.06. The second-order valence-electron chi connectivity index (χ2n) is 6.09. The minimum absolute atomic E-state index is 0.335. The van der Waals surface area contributed by atoms with E-state index in [-0.39, 0.29) is 5.97 Å². The summed E-state index contributed by atoms with van der Waals surface area (Å²) >= 11 is 5.37. The third-order valence-corrected chi connectivity index (χ3v) is 4.31. The van der Waals surface area contributed by atoms with E-state index in [1.165, 1.54) is 5.56 Å². The Bertz CT molecular complexity index is 793. The van der Waals surface area contributed by atoms with Gasteiger partial charge in [-0.3, -0.25) is 0 Å². The number of esters is 1. The van der Waals surface area contributed by atoms with Gasteiger partial charge >= 0.3 is 5.97 Å². The Morgan fingerprint density at radius 3 is 2.74 bits per heavy atom. The van der Waals surface area contributed by atoms with Gasteiger partial charge in [0.15, 0.2) is 5.11 Å². The maximum absolute atomic E-state index is 11.9. The number of benzene rings is 2. The van der Waals surface area contributed by atoms with Crippen molar-refractivity contribution in [3.63, 3.8) is 0 Å². The van der Waals surface area contributed by atoms with Gasteiger partial charge in [0.05, 0.1) is 19.3 Å². The van der Waals surface area contributed by atoms with E-state index in [0.717, 1.165) is 36.4 Å². The smallest absolute Gasteiger partial charge is 0.338 e. The molecule has 2 N–H and O–H groups in total. The topological polar surface area (TPSA) is 59.6 Å². The summed E-state index contributed by atoms with van der Waals surface area (Å²) in [6.45, 7) is 4.85. The van der Waals surface area contributed by atoms with Crippen LogP contribution < -0.4 is 15.4 Å². The molecule has 2 aromatic rings. The van der Waals surface area contributed by atoms with E-state index in [2.05, 4.69) is 16.7 Å². The van der Waals surface area contributed by atoms with Crippen molar-refractivity contribution in [1.82, 2.24) is 5.32 Å². The molecule has 0 atom stereocenters. The summed E-state index contributed by atoms with van der Waals surface area (Å²) in [5.74, 6) is 0.535. The molecule has 0 unspecified atom stereocenters. The van der Waals surface area contributed by atoms with Gasteiger partial charge in [-0.25, -0.2) is 4.79 Å². The molecular weight excluding hydrogens is 360 g/mol. The van der Waals surface area contributed by atoms with E-state index in [4.69, 9.17) is 21.7 Å². The minimum Gasteiger partial charge on any atom is -0.497 e. The summed E-state index contributed by atoms with van der Waals surface area (Å²) < 4.78 is 10.3. The van der Waals surface area contributed by atoms with Gasteiger partial charge in [-0.15, -0.1) is 0 Å². The molecule has 0 radical (unpaired) electrons. The summed E-state index contributed by atoms with van der Waals surface area (Å²) in [5, 5.41) is 6.89. The highest BCUT2D eigenvalue weighted by Gasteiger charge is 2.09. The Labute approximate surface area is 166 Å². The monoisotopic (exact) mass is 386 g/mol. The Morgan fingerprint density at radius 2 is 2.00 bits per heavy atom. The maximum Gasteiger partial charge on any atom is 0.338 e. The highest BCUT2D eigenvalue weighted by atomic mass is 32.1. The van der Waals surface area contributed by atoms with Crippen LogP contribution >= 0.6 is 12.2 Å². The first-order chi connectivity index (χ1) is 13.0. The molecule has 0 aliphatic heterocycles. The molecule has 0 spiro atoms. The second kappa shape index (κ2) is 10.5. The molecule has 0 saturated carbocycles. The number of hydrogen-bond donors (Lipinski definition) is 2. The fourth-order valence-corrected chi connectivity index (χ4v) is 2.80. The van der Waals surface area contributed by atoms with Crippen LogP contribution in [0.2, 0.25) is 0 Å². The van der Waals surface area contributed by atoms with Crippen molar-refractivity contribution in [3.05, 3.63) is 59.2 Å². The van der Waals surface area contributed by atoms with E-state index in [1.54, 1.807) is 26.2 Å². The van der Waals surface area contributed by atoms with Crippen LogP contribution in [0.3, 0.4) is 0 Å². The van der Waals surface area contributed by atoms with Gasteiger partial charge in [0.2, 0.25) is 0 Å². The van der Waals surface area contributed by atoms with Crippen LogP contribution in [0, 0.1) is 6.92 Å². The predicted molar refractivity (Wildman–Crippen MR) is 113 cm³/mol. The molecular formula is C21H26N2O3S. The number of methoxy groups -OCH3 is 1. The first-order valence-corrected chi connectivity index (χ1v) is 9.40. The van der Waals surface area contributed by atoms with Gasteiger partial charge in [0.1, 0.15) is 5.75 Å². The normalized spacial score (nSPS) is 10.2. The van der Waals surface area contributed by atoms with Crippen LogP contribution in [0.15, 0.2) is 42.5 Å². The van der Waals surface area contributed by atoms with Crippen molar-refractivity contribution in [1.29, 1.82) is 0 Å². The minimum atomic E-state index is -0.335.